The molecule has 2 aromatic carbocycles. The number of aliphatic hydroxyl groups excluding tert-OH is 4. The Morgan fingerprint density at radius 3 is 2.38 bits per heavy atom. The Kier molecular flexibility index (Phi) is 6.25. The van der Waals surface area contributed by atoms with Crippen molar-refractivity contribution < 1.29 is 54.4 Å². The van der Waals surface area contributed by atoms with E-state index in [4.69, 9.17) is 18.6 Å². The second-order valence-electron chi connectivity index (χ2n) is 7.62. The Morgan fingerprint density at radius 1 is 0.971 bits per heavy atom. The van der Waals surface area contributed by atoms with Crippen LogP contribution in [0.15, 0.2) is 39.5 Å². The van der Waals surface area contributed by atoms with Crippen LogP contribution in [0, 0.1) is 0 Å². The number of benzene rings is 2. The Bertz CT molecular complexity index is 1270. The van der Waals surface area contributed by atoms with E-state index in [0.717, 1.165) is 12.1 Å². The number of ether oxygens (including phenoxy) is 3. The van der Waals surface area contributed by atoms with E-state index in [1.54, 1.807) is 0 Å². The molecular formula is C22H22O12. The molecule has 0 radical (unpaired) electrons. The molecule has 3 aromatic rings. The van der Waals surface area contributed by atoms with Gasteiger partial charge in [0.25, 0.3) is 0 Å². The fourth-order valence-corrected chi connectivity index (χ4v) is 3.64. The van der Waals surface area contributed by atoms with Crippen molar-refractivity contribution in [2.45, 2.75) is 30.7 Å². The molecule has 182 valence electrons. The highest BCUT2D eigenvalue weighted by molar-refractivity contribution is 5.89. The maximum Gasteiger partial charge on any atom is 0.229 e. The predicted octanol–water partition coefficient (Wildman–Crippen LogP) is -0.236. The van der Waals surface area contributed by atoms with Gasteiger partial charge in [-0.1, -0.05) is 0 Å². The van der Waals surface area contributed by atoms with E-state index in [1.807, 2.05) is 0 Å². The standard InChI is InChI=1S/C22H22O12/c1-31-13-4-8(2-3-9(13)24)12-5-10(25)16-14(32-12)6-11(26)21(18(16)28)34-22-20(30)19(29)17(27)15(7-23)33-22/h2-6,15,17,19-20,22-24,26-30H,7H2,1H3/t15-,17-,19-,20-,22+/m1/s1. The van der Waals surface area contributed by atoms with E-state index >= 15 is 0 Å². The zero-order valence-electron chi connectivity index (χ0n) is 17.7. The Hall–Kier alpha value is -3.55. The van der Waals surface area contributed by atoms with E-state index in [0.29, 0.717) is 5.56 Å². The van der Waals surface area contributed by atoms with Crippen molar-refractivity contribution in [2.24, 2.45) is 0 Å². The molecule has 1 aliphatic heterocycles. The summed E-state index contributed by atoms with van der Waals surface area (Å²) in [6, 6.07) is 6.30. The minimum atomic E-state index is -1.81. The first-order chi connectivity index (χ1) is 16.2. The highest BCUT2D eigenvalue weighted by Gasteiger charge is 2.45. The quantitative estimate of drug-likeness (QED) is 0.254. The van der Waals surface area contributed by atoms with Gasteiger partial charge in [-0.15, -0.1) is 0 Å². The molecule has 34 heavy (non-hydrogen) atoms. The number of fused-ring (bicyclic) bond motifs is 1. The van der Waals surface area contributed by atoms with Gasteiger partial charge in [0, 0.05) is 17.7 Å². The summed E-state index contributed by atoms with van der Waals surface area (Å²) in [7, 11) is 1.35. The first kappa shape index (κ1) is 23.6. The molecule has 7 N–H and O–H groups in total. The molecule has 2 heterocycles. The van der Waals surface area contributed by atoms with Crippen LogP contribution in [0.2, 0.25) is 0 Å². The molecule has 1 aromatic heterocycles. The number of aliphatic hydroxyl groups is 4. The molecule has 0 spiro atoms. The van der Waals surface area contributed by atoms with E-state index in [9.17, 15) is 40.5 Å². The third-order valence-corrected chi connectivity index (χ3v) is 5.47. The molecule has 0 aliphatic carbocycles. The Morgan fingerprint density at radius 2 is 1.71 bits per heavy atom. The number of methoxy groups -OCH3 is 1. The van der Waals surface area contributed by atoms with Gasteiger partial charge in [-0.05, 0) is 18.2 Å². The van der Waals surface area contributed by atoms with Gasteiger partial charge < -0.3 is 54.4 Å². The van der Waals surface area contributed by atoms with Crippen LogP contribution < -0.4 is 14.9 Å². The molecule has 12 nitrogen and oxygen atoms in total. The van der Waals surface area contributed by atoms with Gasteiger partial charge in [-0.3, -0.25) is 4.79 Å². The SMILES string of the molecule is COc1cc(-c2cc(=O)c3c(O)c(O[C@@H]4O[C@H](CO)[C@@H](O)[C@@H](O)[C@H]4O)c(O)cc3o2)ccc1O. The van der Waals surface area contributed by atoms with Crippen LogP contribution >= 0.6 is 0 Å². The molecule has 1 fully saturated rings. The summed E-state index contributed by atoms with van der Waals surface area (Å²) in [6.07, 6.45) is -8.20. The molecule has 1 aliphatic rings. The maximum absolute atomic E-state index is 12.8. The number of phenols is 3. The summed E-state index contributed by atoms with van der Waals surface area (Å²) in [5, 5.41) is 69.7. The van der Waals surface area contributed by atoms with Crippen LogP contribution in [-0.2, 0) is 4.74 Å². The Labute approximate surface area is 191 Å². The highest BCUT2D eigenvalue weighted by atomic mass is 16.7. The summed E-state index contributed by atoms with van der Waals surface area (Å²) in [5.41, 5.74) is -0.542. The number of hydrogen-bond acceptors (Lipinski definition) is 12. The van der Waals surface area contributed by atoms with Crippen molar-refractivity contribution >= 4 is 11.0 Å². The normalized spacial score (nSPS) is 24.8. The lowest BCUT2D eigenvalue weighted by atomic mass is 9.99. The van der Waals surface area contributed by atoms with E-state index in [-0.39, 0.29) is 28.2 Å². The molecule has 0 bridgehead atoms. The molecule has 0 saturated carbocycles. The van der Waals surface area contributed by atoms with Gasteiger partial charge in [0.05, 0.1) is 13.7 Å². The Balaban J connectivity index is 1.75. The molecule has 12 heteroatoms. The van der Waals surface area contributed by atoms with Crippen LogP contribution in [0.1, 0.15) is 0 Å². The van der Waals surface area contributed by atoms with Crippen LogP contribution in [0.3, 0.4) is 0 Å². The van der Waals surface area contributed by atoms with Crippen LogP contribution in [0.25, 0.3) is 22.3 Å². The summed E-state index contributed by atoms with van der Waals surface area (Å²) in [4.78, 5) is 12.8. The molecule has 0 amide bonds. The second kappa shape index (κ2) is 9.00. The number of hydrogen-bond donors (Lipinski definition) is 7. The average molecular weight is 478 g/mol. The highest BCUT2D eigenvalue weighted by Crippen LogP contribution is 2.43. The summed E-state index contributed by atoms with van der Waals surface area (Å²) in [6.45, 7) is -0.713. The zero-order valence-corrected chi connectivity index (χ0v) is 17.7. The van der Waals surface area contributed by atoms with Crippen molar-refractivity contribution in [3.05, 3.63) is 40.6 Å². The molecular weight excluding hydrogens is 456 g/mol. The van der Waals surface area contributed by atoms with Crippen LogP contribution in [-0.4, -0.2) is 80.2 Å². The molecule has 5 atom stereocenters. The summed E-state index contributed by atoms with van der Waals surface area (Å²) in [5.74, 6) is -2.10. The van der Waals surface area contributed by atoms with E-state index < -0.39 is 60.0 Å². The van der Waals surface area contributed by atoms with Crippen molar-refractivity contribution in [3.63, 3.8) is 0 Å². The third kappa shape index (κ3) is 3.97. The van der Waals surface area contributed by atoms with Crippen molar-refractivity contribution in [1.82, 2.24) is 0 Å². The minimum Gasteiger partial charge on any atom is -0.504 e. The molecule has 0 unspecified atom stereocenters. The predicted molar refractivity (Wildman–Crippen MR) is 114 cm³/mol. The first-order valence-electron chi connectivity index (χ1n) is 10.0. The van der Waals surface area contributed by atoms with Crippen LogP contribution in [0.4, 0.5) is 0 Å². The maximum atomic E-state index is 12.8. The largest absolute Gasteiger partial charge is 0.504 e. The van der Waals surface area contributed by atoms with Gasteiger partial charge in [0.1, 0.15) is 41.1 Å². The van der Waals surface area contributed by atoms with Gasteiger partial charge in [-0.2, -0.15) is 0 Å². The molecule has 1 saturated heterocycles. The van der Waals surface area contributed by atoms with Gasteiger partial charge >= 0.3 is 0 Å². The van der Waals surface area contributed by atoms with Crippen molar-refractivity contribution in [2.75, 3.05) is 13.7 Å². The summed E-state index contributed by atoms with van der Waals surface area (Å²) < 4.78 is 21.2. The third-order valence-electron chi connectivity index (χ3n) is 5.47. The fraction of sp³-hybridized carbons (Fsp3) is 0.318. The fourth-order valence-electron chi connectivity index (χ4n) is 3.64. The molecule has 4 rings (SSSR count). The van der Waals surface area contributed by atoms with Gasteiger partial charge in [-0.25, -0.2) is 0 Å². The lowest BCUT2D eigenvalue weighted by Gasteiger charge is -2.39. The summed E-state index contributed by atoms with van der Waals surface area (Å²) >= 11 is 0. The lowest BCUT2D eigenvalue weighted by molar-refractivity contribution is -0.277. The average Bonchev–Trinajstić information content (AvgIpc) is 2.81. The van der Waals surface area contributed by atoms with Crippen molar-refractivity contribution in [1.29, 1.82) is 0 Å². The minimum absolute atomic E-state index is 0.0530. The first-order valence-corrected chi connectivity index (χ1v) is 10.0. The number of phenolic OH excluding ortho intramolecular Hbond substituents is 3. The van der Waals surface area contributed by atoms with Gasteiger partial charge in [0.2, 0.25) is 12.0 Å². The zero-order chi connectivity index (χ0) is 24.7. The monoisotopic (exact) mass is 478 g/mol. The van der Waals surface area contributed by atoms with Crippen molar-refractivity contribution in [3.8, 4) is 40.1 Å². The van der Waals surface area contributed by atoms with E-state index in [2.05, 4.69) is 0 Å². The van der Waals surface area contributed by atoms with Crippen LogP contribution in [0.5, 0.6) is 28.7 Å². The van der Waals surface area contributed by atoms with E-state index in [1.165, 1.54) is 25.3 Å². The number of aromatic hydroxyl groups is 3. The lowest BCUT2D eigenvalue weighted by Crippen LogP contribution is -2.60. The second-order valence-corrected chi connectivity index (χ2v) is 7.62. The topological polar surface area (TPSA) is 200 Å². The number of rotatable bonds is 5. The smallest absolute Gasteiger partial charge is 0.229 e. The van der Waals surface area contributed by atoms with Gasteiger partial charge in [0.15, 0.2) is 28.4 Å².